The van der Waals surface area contributed by atoms with E-state index in [0.29, 0.717) is 10.5 Å². The van der Waals surface area contributed by atoms with E-state index >= 15 is 0 Å². The van der Waals surface area contributed by atoms with Crippen LogP contribution in [0.15, 0.2) is 15.5 Å². The zero-order chi connectivity index (χ0) is 14.8. The summed E-state index contributed by atoms with van der Waals surface area (Å²) in [5, 5.41) is 16.4. The Bertz CT molecular complexity index is 552. The molecule has 3 heterocycles. The predicted molar refractivity (Wildman–Crippen MR) is 83.7 cm³/mol. The lowest BCUT2D eigenvalue weighted by Gasteiger charge is -2.43. The molecule has 2 N–H and O–H groups in total. The van der Waals surface area contributed by atoms with Crippen LogP contribution >= 0.6 is 15.9 Å². The summed E-state index contributed by atoms with van der Waals surface area (Å²) in [6.45, 7) is 6.13. The van der Waals surface area contributed by atoms with Crippen molar-refractivity contribution in [2.45, 2.75) is 12.6 Å². The molecular weight excluding hydrogens is 338 g/mol. The molecule has 2 aliphatic heterocycles. The van der Waals surface area contributed by atoms with Gasteiger partial charge in [-0.05, 0) is 15.9 Å². The molecular formula is C13H20BrN5O2. The Balaban J connectivity index is 1.70. The van der Waals surface area contributed by atoms with Crippen LogP contribution in [0.4, 0.5) is 5.69 Å². The number of nitrogens with one attached hydrogen (secondary N) is 1. The summed E-state index contributed by atoms with van der Waals surface area (Å²) < 4.78 is 1.81. The van der Waals surface area contributed by atoms with Crippen molar-refractivity contribution in [1.29, 1.82) is 0 Å². The van der Waals surface area contributed by atoms with Gasteiger partial charge < -0.3 is 15.3 Å². The first kappa shape index (κ1) is 15.0. The maximum absolute atomic E-state index is 12.1. The van der Waals surface area contributed by atoms with E-state index in [-0.39, 0.29) is 18.7 Å². The molecule has 0 unspecified atom stereocenters. The van der Waals surface area contributed by atoms with Crippen LogP contribution in [0.3, 0.4) is 0 Å². The Kier molecular flexibility index (Phi) is 4.58. The molecule has 0 aromatic carbocycles. The van der Waals surface area contributed by atoms with Crippen molar-refractivity contribution in [3.05, 3.63) is 21.0 Å². The summed E-state index contributed by atoms with van der Waals surface area (Å²) >= 11 is 3.39. The highest BCUT2D eigenvalue weighted by Gasteiger charge is 2.28. The van der Waals surface area contributed by atoms with E-state index in [4.69, 9.17) is 5.11 Å². The minimum Gasteiger partial charge on any atom is -0.394 e. The molecule has 8 heteroatoms. The van der Waals surface area contributed by atoms with Crippen molar-refractivity contribution in [3.8, 4) is 0 Å². The molecule has 0 atom stereocenters. The zero-order valence-electron chi connectivity index (χ0n) is 11.8. The van der Waals surface area contributed by atoms with Crippen LogP contribution in [0.5, 0.6) is 0 Å². The van der Waals surface area contributed by atoms with Crippen LogP contribution < -0.4 is 15.8 Å². The van der Waals surface area contributed by atoms with E-state index in [2.05, 4.69) is 36.1 Å². The number of hydrogen-bond donors (Lipinski definition) is 2. The van der Waals surface area contributed by atoms with Crippen molar-refractivity contribution in [2.75, 3.05) is 50.8 Å². The van der Waals surface area contributed by atoms with E-state index in [1.807, 2.05) is 0 Å². The molecule has 1 aromatic rings. The number of anilines is 1. The van der Waals surface area contributed by atoms with Crippen LogP contribution in [0.25, 0.3) is 0 Å². The molecule has 3 rings (SSSR count). The molecule has 1 aromatic heterocycles. The molecule has 2 aliphatic rings. The maximum atomic E-state index is 12.1. The number of aromatic nitrogens is 2. The lowest BCUT2D eigenvalue weighted by Crippen LogP contribution is -2.61. The predicted octanol–water partition coefficient (Wildman–Crippen LogP) is -0.908. The third-order valence-electron chi connectivity index (χ3n) is 4.21. The van der Waals surface area contributed by atoms with E-state index < -0.39 is 0 Å². The first-order valence-corrected chi connectivity index (χ1v) is 8.06. The van der Waals surface area contributed by atoms with Crippen molar-refractivity contribution < 1.29 is 5.11 Å². The third-order valence-corrected chi connectivity index (χ3v) is 4.95. The molecule has 7 nitrogen and oxygen atoms in total. The lowest BCUT2D eigenvalue weighted by molar-refractivity contribution is 0.138. The molecule has 0 radical (unpaired) electrons. The highest BCUT2D eigenvalue weighted by atomic mass is 79.9. The summed E-state index contributed by atoms with van der Waals surface area (Å²) in [5.41, 5.74) is 0.660. The second-order valence-corrected chi connectivity index (χ2v) is 6.22. The molecule has 116 valence electrons. The number of aliphatic hydroxyl groups is 1. The number of aliphatic hydroxyl groups excluding tert-OH is 1. The highest BCUT2D eigenvalue weighted by molar-refractivity contribution is 9.10. The minimum absolute atomic E-state index is 0.0905. The third kappa shape index (κ3) is 2.98. The smallest absolute Gasteiger partial charge is 0.283 e. The van der Waals surface area contributed by atoms with Crippen LogP contribution in [0.2, 0.25) is 0 Å². The summed E-state index contributed by atoms with van der Waals surface area (Å²) in [5.74, 6) is 0. The summed E-state index contributed by atoms with van der Waals surface area (Å²) in [6.07, 6.45) is 1.71. The Morgan fingerprint density at radius 3 is 2.62 bits per heavy atom. The monoisotopic (exact) mass is 357 g/mol. The van der Waals surface area contributed by atoms with E-state index in [9.17, 15) is 4.79 Å². The largest absolute Gasteiger partial charge is 0.394 e. The van der Waals surface area contributed by atoms with Crippen molar-refractivity contribution in [1.82, 2.24) is 20.0 Å². The number of hydrogen-bond acceptors (Lipinski definition) is 6. The Morgan fingerprint density at radius 1 is 1.33 bits per heavy atom. The minimum atomic E-state index is -0.188. The first-order valence-electron chi connectivity index (χ1n) is 7.27. The SMILES string of the molecule is O=c1c(Br)c(N2CCN(C3CNC3)CC2)cnn1CCO. The summed E-state index contributed by atoms with van der Waals surface area (Å²) in [6, 6.07) is 0.672. The van der Waals surface area contributed by atoms with Gasteiger partial charge in [-0.15, -0.1) is 0 Å². The Labute approximate surface area is 131 Å². The second kappa shape index (κ2) is 6.43. The first-order chi connectivity index (χ1) is 10.2. The van der Waals surface area contributed by atoms with Gasteiger partial charge in [-0.1, -0.05) is 0 Å². The highest BCUT2D eigenvalue weighted by Crippen LogP contribution is 2.23. The second-order valence-electron chi connectivity index (χ2n) is 5.43. The van der Waals surface area contributed by atoms with Gasteiger partial charge in [0.25, 0.3) is 5.56 Å². The molecule has 21 heavy (non-hydrogen) atoms. The van der Waals surface area contributed by atoms with Gasteiger partial charge in [-0.3, -0.25) is 9.69 Å². The van der Waals surface area contributed by atoms with Gasteiger partial charge in [-0.2, -0.15) is 5.10 Å². The van der Waals surface area contributed by atoms with Crippen molar-refractivity contribution in [3.63, 3.8) is 0 Å². The van der Waals surface area contributed by atoms with Crippen molar-refractivity contribution in [2.24, 2.45) is 0 Å². The van der Waals surface area contributed by atoms with E-state index in [1.165, 1.54) is 4.68 Å². The van der Waals surface area contributed by atoms with Crippen LogP contribution in [-0.4, -0.2) is 71.7 Å². The van der Waals surface area contributed by atoms with Gasteiger partial charge in [0.15, 0.2) is 0 Å². The topological polar surface area (TPSA) is 73.6 Å². The molecule has 2 fully saturated rings. The zero-order valence-corrected chi connectivity index (χ0v) is 13.4. The number of piperazine rings is 1. The number of halogens is 1. The molecule has 2 saturated heterocycles. The Morgan fingerprint density at radius 2 is 2.05 bits per heavy atom. The van der Waals surface area contributed by atoms with E-state index in [0.717, 1.165) is 45.0 Å². The van der Waals surface area contributed by atoms with Gasteiger partial charge in [0, 0.05) is 45.3 Å². The van der Waals surface area contributed by atoms with Crippen LogP contribution in [0.1, 0.15) is 0 Å². The molecule has 0 amide bonds. The fraction of sp³-hybridized carbons (Fsp3) is 0.692. The van der Waals surface area contributed by atoms with Gasteiger partial charge in [0.1, 0.15) is 4.47 Å². The maximum Gasteiger partial charge on any atom is 0.283 e. The molecule has 0 spiro atoms. The standard InChI is InChI=1S/C13H20BrN5O2/c14-12-11(9-16-19(5-6-20)13(12)21)18-3-1-17(2-4-18)10-7-15-8-10/h9-10,15,20H,1-8H2. The molecule has 0 bridgehead atoms. The summed E-state index contributed by atoms with van der Waals surface area (Å²) in [7, 11) is 0. The lowest BCUT2D eigenvalue weighted by atomic mass is 10.1. The number of rotatable bonds is 4. The van der Waals surface area contributed by atoms with E-state index in [1.54, 1.807) is 6.20 Å². The van der Waals surface area contributed by atoms with Gasteiger partial charge in [-0.25, -0.2) is 4.68 Å². The fourth-order valence-electron chi connectivity index (χ4n) is 2.79. The average Bonchev–Trinajstić information content (AvgIpc) is 2.44. The van der Waals surface area contributed by atoms with Gasteiger partial charge >= 0.3 is 0 Å². The molecule has 0 aliphatic carbocycles. The van der Waals surface area contributed by atoms with Gasteiger partial charge in [0.05, 0.1) is 25.0 Å². The van der Waals surface area contributed by atoms with Gasteiger partial charge in [0.2, 0.25) is 0 Å². The molecule has 0 saturated carbocycles. The average molecular weight is 358 g/mol. The number of nitrogens with zero attached hydrogens (tertiary/aromatic N) is 4. The van der Waals surface area contributed by atoms with Crippen LogP contribution in [-0.2, 0) is 6.54 Å². The quantitative estimate of drug-likeness (QED) is 0.726. The van der Waals surface area contributed by atoms with Crippen molar-refractivity contribution >= 4 is 21.6 Å². The van der Waals surface area contributed by atoms with Crippen LogP contribution in [0, 0.1) is 0 Å². The summed E-state index contributed by atoms with van der Waals surface area (Å²) in [4.78, 5) is 16.8. The Hall–Kier alpha value is -0.960. The fourth-order valence-corrected chi connectivity index (χ4v) is 3.35. The normalized spacial score (nSPS) is 20.6.